The second kappa shape index (κ2) is 6.68. The Bertz CT molecular complexity index is 1520. The Hall–Kier alpha value is -4.13. The van der Waals surface area contributed by atoms with Gasteiger partial charge in [-0.05, 0) is 41.5 Å². The molecule has 1 aromatic carbocycles. The van der Waals surface area contributed by atoms with Crippen LogP contribution in [0.15, 0.2) is 46.2 Å². The van der Waals surface area contributed by atoms with Gasteiger partial charge in [0.2, 0.25) is 5.89 Å². The Morgan fingerprint density at radius 2 is 2.16 bits per heavy atom. The molecule has 0 aliphatic heterocycles. The molecule has 9 nitrogen and oxygen atoms in total. The Balaban J connectivity index is 1.19. The van der Waals surface area contributed by atoms with Gasteiger partial charge in [0.15, 0.2) is 17.0 Å². The van der Waals surface area contributed by atoms with E-state index >= 15 is 0 Å². The monoisotopic (exact) mass is 429 g/mol. The van der Waals surface area contributed by atoms with Crippen molar-refractivity contribution in [2.45, 2.75) is 18.9 Å². The maximum atomic E-state index is 13.9. The predicted molar refractivity (Wildman–Crippen MR) is 110 cm³/mol. The van der Waals surface area contributed by atoms with Gasteiger partial charge in [0.05, 0.1) is 11.9 Å². The quantitative estimate of drug-likeness (QED) is 0.489. The first kappa shape index (κ1) is 18.6. The molecule has 3 unspecified atom stereocenters. The molecule has 0 radical (unpaired) electrons. The molecule has 0 bridgehead atoms. The summed E-state index contributed by atoms with van der Waals surface area (Å²) in [5, 5.41) is 13.0. The highest BCUT2D eigenvalue weighted by Gasteiger charge is 2.55. The van der Waals surface area contributed by atoms with Gasteiger partial charge in [-0.3, -0.25) is 9.36 Å². The zero-order chi connectivity index (χ0) is 22.0. The molecule has 158 valence electrons. The van der Waals surface area contributed by atoms with E-state index in [1.807, 2.05) is 6.07 Å². The van der Waals surface area contributed by atoms with Crippen LogP contribution in [-0.2, 0) is 13.6 Å². The number of allylic oxidation sites excluding steroid dienone is 2. The molecular formula is C22H16FN7O2. The third kappa shape index (κ3) is 2.78. The van der Waals surface area contributed by atoms with Gasteiger partial charge >= 0.3 is 0 Å². The van der Waals surface area contributed by atoms with E-state index in [2.05, 4.69) is 26.2 Å². The maximum absolute atomic E-state index is 13.9. The second-order valence-electron chi connectivity index (χ2n) is 8.22. The number of fused-ring (bicyclic) bond motifs is 2. The minimum Gasteiger partial charge on any atom is -0.337 e. The van der Waals surface area contributed by atoms with E-state index in [0.29, 0.717) is 28.8 Å². The summed E-state index contributed by atoms with van der Waals surface area (Å²) in [4.78, 5) is 25.5. The Morgan fingerprint density at radius 3 is 2.91 bits per heavy atom. The van der Waals surface area contributed by atoms with E-state index in [4.69, 9.17) is 9.78 Å². The summed E-state index contributed by atoms with van der Waals surface area (Å²) in [6.45, 7) is 0.133. The fourth-order valence-corrected chi connectivity index (χ4v) is 4.63. The lowest BCUT2D eigenvalue weighted by Crippen LogP contribution is -2.22. The first-order valence-electron chi connectivity index (χ1n) is 10.1. The zero-order valence-corrected chi connectivity index (χ0v) is 16.9. The highest BCUT2D eigenvalue weighted by Crippen LogP contribution is 2.62. The number of aryl methyl sites for hydroxylation is 1. The molecule has 0 spiro atoms. The number of nitrogens with zero attached hydrogens (tertiary/aromatic N) is 7. The van der Waals surface area contributed by atoms with Crippen LogP contribution in [-0.4, -0.2) is 29.2 Å². The summed E-state index contributed by atoms with van der Waals surface area (Å²) in [7, 11) is 1.74. The van der Waals surface area contributed by atoms with Gasteiger partial charge < -0.3 is 9.09 Å². The van der Waals surface area contributed by atoms with Crippen molar-refractivity contribution in [3.05, 3.63) is 75.9 Å². The van der Waals surface area contributed by atoms with Crippen molar-refractivity contribution in [3.63, 3.8) is 0 Å². The number of imidazole rings is 1. The van der Waals surface area contributed by atoms with Crippen LogP contribution < -0.4 is 5.56 Å². The largest absolute Gasteiger partial charge is 0.337 e. The topological polar surface area (TPSA) is 115 Å². The van der Waals surface area contributed by atoms with Gasteiger partial charge in [0.25, 0.3) is 5.56 Å². The molecular weight excluding hydrogens is 413 g/mol. The van der Waals surface area contributed by atoms with Crippen LogP contribution in [0.3, 0.4) is 0 Å². The third-order valence-corrected chi connectivity index (χ3v) is 6.33. The van der Waals surface area contributed by atoms with Crippen molar-refractivity contribution in [1.29, 1.82) is 5.26 Å². The fourth-order valence-electron chi connectivity index (χ4n) is 4.63. The van der Waals surface area contributed by atoms with Crippen LogP contribution in [0, 0.1) is 29.0 Å². The summed E-state index contributed by atoms with van der Waals surface area (Å²) in [6, 6.07) is 6.55. The normalized spacial score (nSPS) is 21.4. The molecule has 0 saturated heterocycles. The molecule has 1 fully saturated rings. The second-order valence-corrected chi connectivity index (χ2v) is 8.22. The number of aromatic nitrogens is 6. The Labute approximate surface area is 180 Å². The number of hydrogen-bond acceptors (Lipinski definition) is 7. The fraction of sp³-hybridized carbons (Fsp3) is 0.273. The number of halogens is 1. The summed E-state index contributed by atoms with van der Waals surface area (Å²) < 4.78 is 22.4. The van der Waals surface area contributed by atoms with Gasteiger partial charge in [0.1, 0.15) is 24.8 Å². The van der Waals surface area contributed by atoms with Crippen LogP contribution in [0.1, 0.15) is 35.2 Å². The smallest absolute Gasteiger partial charge is 0.280 e. The average Bonchev–Trinajstić information content (AvgIpc) is 3.21. The number of nitriles is 1. The van der Waals surface area contributed by atoms with Crippen LogP contribution in [0.25, 0.3) is 16.7 Å². The van der Waals surface area contributed by atoms with Crippen molar-refractivity contribution in [2.24, 2.45) is 18.9 Å². The lowest BCUT2D eigenvalue weighted by atomic mass is 9.99. The molecule has 3 heterocycles. The number of rotatable bonds is 4. The highest BCUT2D eigenvalue weighted by atomic mass is 19.1. The minimum atomic E-state index is -0.500. The van der Waals surface area contributed by atoms with Gasteiger partial charge in [0, 0.05) is 13.0 Å². The molecule has 2 aliphatic rings. The maximum Gasteiger partial charge on any atom is 0.280 e. The Morgan fingerprint density at radius 1 is 1.31 bits per heavy atom. The minimum absolute atomic E-state index is 0.0477. The Kier molecular flexibility index (Phi) is 3.89. The molecule has 3 atom stereocenters. The summed E-state index contributed by atoms with van der Waals surface area (Å²) in [5.41, 5.74) is 2.52. The standard InChI is InChI=1S/C22H16FN7O2/c1-29-9-25-21-19(29)22(31)30(10-26-21)8-17-27-20(28-32-17)18-14-4-13(5-15(14)18)11-2-3-12(7-24)16(23)6-11/h2-4,6,9-10,14-15,18H,5,8H2,1H3. The molecule has 4 aromatic rings. The molecule has 6 rings (SSSR count). The van der Waals surface area contributed by atoms with Gasteiger partial charge in [-0.1, -0.05) is 17.3 Å². The first-order valence-corrected chi connectivity index (χ1v) is 10.1. The van der Waals surface area contributed by atoms with Crippen molar-refractivity contribution in [2.75, 3.05) is 0 Å². The predicted octanol–water partition coefficient (Wildman–Crippen LogP) is 2.39. The lowest BCUT2D eigenvalue weighted by molar-refractivity contribution is 0.364. The third-order valence-electron chi connectivity index (χ3n) is 6.33. The van der Waals surface area contributed by atoms with E-state index < -0.39 is 5.82 Å². The van der Waals surface area contributed by atoms with Crippen LogP contribution in [0.2, 0.25) is 0 Å². The van der Waals surface area contributed by atoms with E-state index in [9.17, 15) is 9.18 Å². The summed E-state index contributed by atoms with van der Waals surface area (Å²) in [6.07, 6.45) is 5.91. The van der Waals surface area contributed by atoms with E-state index in [1.165, 1.54) is 23.0 Å². The summed E-state index contributed by atoms with van der Waals surface area (Å²) in [5.74, 6) is 1.26. The van der Waals surface area contributed by atoms with Crippen LogP contribution in [0.5, 0.6) is 0 Å². The van der Waals surface area contributed by atoms with E-state index in [-0.39, 0.29) is 29.5 Å². The lowest BCUT2D eigenvalue weighted by Gasteiger charge is -2.06. The van der Waals surface area contributed by atoms with Crippen LogP contribution in [0.4, 0.5) is 4.39 Å². The molecule has 32 heavy (non-hydrogen) atoms. The van der Waals surface area contributed by atoms with Crippen molar-refractivity contribution in [1.82, 2.24) is 29.2 Å². The van der Waals surface area contributed by atoms with Gasteiger partial charge in [-0.25, -0.2) is 14.4 Å². The molecule has 0 amide bonds. The average molecular weight is 429 g/mol. The zero-order valence-electron chi connectivity index (χ0n) is 16.9. The number of benzene rings is 1. The SMILES string of the molecule is Cn1cnc2ncn(Cc3nc(C4C5C=C(c6ccc(C#N)c(F)c6)CC54)no3)c(=O)c21. The summed E-state index contributed by atoms with van der Waals surface area (Å²) >= 11 is 0. The molecule has 1 saturated carbocycles. The van der Waals surface area contributed by atoms with Gasteiger partial charge in [-0.2, -0.15) is 10.2 Å². The molecule has 10 heteroatoms. The first-order chi connectivity index (χ1) is 15.5. The molecule has 3 aromatic heterocycles. The van der Waals surface area contributed by atoms with Crippen molar-refractivity contribution >= 4 is 16.7 Å². The van der Waals surface area contributed by atoms with Crippen LogP contribution >= 0.6 is 0 Å². The van der Waals surface area contributed by atoms with Gasteiger partial charge in [-0.15, -0.1) is 0 Å². The highest BCUT2D eigenvalue weighted by molar-refractivity contribution is 5.71. The number of hydrogen-bond donors (Lipinski definition) is 0. The van der Waals surface area contributed by atoms with E-state index in [1.54, 1.807) is 24.0 Å². The molecule has 2 aliphatic carbocycles. The van der Waals surface area contributed by atoms with Crippen molar-refractivity contribution < 1.29 is 8.91 Å². The van der Waals surface area contributed by atoms with E-state index in [0.717, 1.165) is 17.6 Å². The van der Waals surface area contributed by atoms with Crippen molar-refractivity contribution in [3.8, 4) is 6.07 Å². The molecule has 0 N–H and O–H groups in total.